The van der Waals surface area contributed by atoms with E-state index >= 15 is 0 Å². The average molecular weight is 437 g/mol. The van der Waals surface area contributed by atoms with Crippen LogP contribution in [0.15, 0.2) is 47.4 Å². The van der Waals surface area contributed by atoms with Crippen LogP contribution in [0.25, 0.3) is 0 Å². The monoisotopic (exact) mass is 436 g/mol. The topological polar surface area (TPSA) is 109 Å². The Morgan fingerprint density at radius 1 is 1.10 bits per heavy atom. The van der Waals surface area contributed by atoms with E-state index in [-0.39, 0.29) is 34.6 Å². The van der Waals surface area contributed by atoms with E-state index < -0.39 is 19.9 Å². The van der Waals surface area contributed by atoms with Gasteiger partial charge in [0.25, 0.3) is 10.0 Å². The van der Waals surface area contributed by atoms with Gasteiger partial charge in [0.2, 0.25) is 5.91 Å². The SMILES string of the molecule is Cc1cccc(NS(=O)(=O)c2cc(NC(=O)CC3CCS(=O)(=O)C3)ccc2C)c1. The van der Waals surface area contributed by atoms with E-state index in [4.69, 9.17) is 0 Å². The number of aryl methyl sites for hydroxylation is 2. The summed E-state index contributed by atoms with van der Waals surface area (Å²) in [5, 5.41) is 2.68. The number of hydrogen-bond acceptors (Lipinski definition) is 5. The summed E-state index contributed by atoms with van der Waals surface area (Å²) in [5.41, 5.74) is 2.29. The maximum Gasteiger partial charge on any atom is 0.262 e. The van der Waals surface area contributed by atoms with E-state index in [2.05, 4.69) is 10.0 Å². The number of rotatable bonds is 6. The third-order valence-corrected chi connectivity index (χ3v) is 8.19. The number of sulfone groups is 1. The van der Waals surface area contributed by atoms with Crippen molar-refractivity contribution in [2.24, 2.45) is 5.92 Å². The summed E-state index contributed by atoms with van der Waals surface area (Å²) in [4.78, 5) is 12.4. The summed E-state index contributed by atoms with van der Waals surface area (Å²) in [6.45, 7) is 3.55. The van der Waals surface area contributed by atoms with Crippen LogP contribution in [0.5, 0.6) is 0 Å². The minimum Gasteiger partial charge on any atom is -0.326 e. The van der Waals surface area contributed by atoms with Crippen molar-refractivity contribution in [1.82, 2.24) is 0 Å². The predicted octanol–water partition coefficient (Wildman–Crippen LogP) is 2.87. The molecule has 9 heteroatoms. The van der Waals surface area contributed by atoms with Crippen LogP contribution in [0.1, 0.15) is 24.0 Å². The molecule has 29 heavy (non-hydrogen) atoms. The molecule has 156 valence electrons. The Morgan fingerprint density at radius 2 is 1.86 bits per heavy atom. The van der Waals surface area contributed by atoms with Crippen molar-refractivity contribution in [3.8, 4) is 0 Å². The maximum absolute atomic E-state index is 12.8. The Kier molecular flexibility index (Phi) is 6.00. The smallest absolute Gasteiger partial charge is 0.262 e. The van der Waals surface area contributed by atoms with Crippen molar-refractivity contribution in [2.45, 2.75) is 31.6 Å². The first-order valence-electron chi connectivity index (χ1n) is 9.24. The van der Waals surface area contributed by atoms with E-state index in [1.165, 1.54) is 6.07 Å². The molecule has 0 saturated carbocycles. The second kappa shape index (κ2) is 8.16. The standard InChI is InChI=1S/C20H24N2O5S2/c1-14-4-3-5-18(10-14)22-29(26,27)19-12-17(7-6-15(19)2)21-20(23)11-16-8-9-28(24,25)13-16/h3-7,10,12,16,22H,8-9,11,13H2,1-2H3,(H,21,23). The lowest BCUT2D eigenvalue weighted by Crippen LogP contribution is -2.18. The molecule has 1 saturated heterocycles. The number of carbonyl (C=O) groups excluding carboxylic acids is 1. The van der Waals surface area contributed by atoms with Gasteiger partial charge in [0.05, 0.1) is 16.4 Å². The summed E-state index contributed by atoms with van der Waals surface area (Å²) in [6, 6.07) is 11.7. The predicted molar refractivity (Wildman–Crippen MR) is 113 cm³/mol. The van der Waals surface area contributed by atoms with Crippen LogP contribution >= 0.6 is 0 Å². The molecule has 1 heterocycles. The fourth-order valence-corrected chi connectivity index (χ4v) is 6.58. The average Bonchev–Trinajstić information content (AvgIpc) is 2.94. The Labute approximate surface area is 171 Å². The van der Waals surface area contributed by atoms with Crippen LogP contribution in [0.4, 0.5) is 11.4 Å². The molecule has 0 radical (unpaired) electrons. The molecule has 3 rings (SSSR count). The van der Waals surface area contributed by atoms with Crippen molar-refractivity contribution in [1.29, 1.82) is 0 Å². The molecule has 1 aliphatic heterocycles. The van der Waals surface area contributed by atoms with Gasteiger partial charge >= 0.3 is 0 Å². The van der Waals surface area contributed by atoms with Crippen LogP contribution < -0.4 is 10.0 Å². The van der Waals surface area contributed by atoms with Gasteiger partial charge in [-0.1, -0.05) is 18.2 Å². The lowest BCUT2D eigenvalue weighted by molar-refractivity contribution is -0.116. The zero-order valence-electron chi connectivity index (χ0n) is 16.3. The van der Waals surface area contributed by atoms with E-state index in [0.29, 0.717) is 23.4 Å². The zero-order chi connectivity index (χ0) is 21.2. The number of anilines is 2. The highest BCUT2D eigenvalue weighted by Gasteiger charge is 2.29. The quantitative estimate of drug-likeness (QED) is 0.724. The van der Waals surface area contributed by atoms with Gasteiger partial charge in [-0.25, -0.2) is 16.8 Å². The Bertz CT molecular complexity index is 1140. The van der Waals surface area contributed by atoms with Crippen LogP contribution in [-0.4, -0.2) is 34.2 Å². The molecule has 1 unspecified atom stereocenters. The minimum atomic E-state index is -3.84. The lowest BCUT2D eigenvalue weighted by atomic mass is 10.0. The van der Waals surface area contributed by atoms with Crippen molar-refractivity contribution < 1.29 is 21.6 Å². The molecular weight excluding hydrogens is 412 g/mol. The fourth-order valence-electron chi connectivity index (χ4n) is 3.39. The van der Waals surface area contributed by atoms with Crippen molar-refractivity contribution >= 4 is 37.1 Å². The molecular formula is C20H24N2O5S2. The number of hydrogen-bond donors (Lipinski definition) is 2. The van der Waals surface area contributed by atoms with Crippen molar-refractivity contribution in [3.63, 3.8) is 0 Å². The zero-order valence-corrected chi connectivity index (χ0v) is 17.9. The van der Waals surface area contributed by atoms with Crippen LogP contribution in [0, 0.1) is 19.8 Å². The van der Waals surface area contributed by atoms with Gasteiger partial charge in [0.1, 0.15) is 0 Å². The molecule has 7 nitrogen and oxygen atoms in total. The molecule has 2 aromatic carbocycles. The molecule has 2 N–H and O–H groups in total. The molecule has 0 bridgehead atoms. The molecule has 1 amide bonds. The normalized spacial score (nSPS) is 18.3. The molecule has 0 spiro atoms. The van der Waals surface area contributed by atoms with Gasteiger partial charge in [0.15, 0.2) is 9.84 Å². The van der Waals surface area contributed by atoms with Gasteiger partial charge in [-0.15, -0.1) is 0 Å². The highest BCUT2D eigenvalue weighted by Crippen LogP contribution is 2.25. The second-order valence-electron chi connectivity index (χ2n) is 7.48. The summed E-state index contributed by atoms with van der Waals surface area (Å²) in [7, 11) is -6.88. The Balaban J connectivity index is 1.74. The van der Waals surface area contributed by atoms with E-state index in [1.807, 2.05) is 13.0 Å². The van der Waals surface area contributed by atoms with Crippen molar-refractivity contribution in [2.75, 3.05) is 21.5 Å². The highest BCUT2D eigenvalue weighted by molar-refractivity contribution is 7.92. The summed E-state index contributed by atoms with van der Waals surface area (Å²) in [6.07, 6.45) is 0.570. The molecule has 2 aromatic rings. The highest BCUT2D eigenvalue weighted by atomic mass is 32.2. The molecule has 1 atom stereocenters. The van der Waals surface area contributed by atoms with Crippen LogP contribution in [0.3, 0.4) is 0 Å². The Hall–Kier alpha value is -2.39. The lowest BCUT2D eigenvalue weighted by Gasteiger charge is -2.14. The van der Waals surface area contributed by atoms with Gasteiger partial charge < -0.3 is 5.32 Å². The van der Waals surface area contributed by atoms with Gasteiger partial charge in [-0.3, -0.25) is 9.52 Å². The second-order valence-corrected chi connectivity index (χ2v) is 11.4. The van der Waals surface area contributed by atoms with Gasteiger partial charge in [-0.2, -0.15) is 0 Å². The number of sulfonamides is 1. The minimum absolute atomic E-state index is 0.0222. The number of carbonyl (C=O) groups is 1. The molecule has 0 aliphatic carbocycles. The van der Waals surface area contributed by atoms with E-state index in [1.54, 1.807) is 37.3 Å². The first-order chi connectivity index (χ1) is 13.5. The summed E-state index contributed by atoms with van der Waals surface area (Å²) in [5.74, 6) is -0.390. The molecule has 0 aromatic heterocycles. The third kappa shape index (κ3) is 5.57. The third-order valence-electron chi connectivity index (χ3n) is 4.83. The maximum atomic E-state index is 12.8. The van der Waals surface area contributed by atoms with Gasteiger partial charge in [0, 0.05) is 17.8 Å². The number of benzene rings is 2. The summed E-state index contributed by atoms with van der Waals surface area (Å²) < 4.78 is 51.3. The largest absolute Gasteiger partial charge is 0.326 e. The van der Waals surface area contributed by atoms with Crippen LogP contribution in [0.2, 0.25) is 0 Å². The molecule has 1 aliphatic rings. The van der Waals surface area contributed by atoms with Crippen molar-refractivity contribution in [3.05, 3.63) is 53.6 Å². The molecule has 1 fully saturated rings. The summed E-state index contributed by atoms with van der Waals surface area (Å²) >= 11 is 0. The first kappa shape index (κ1) is 21.3. The van der Waals surface area contributed by atoms with E-state index in [9.17, 15) is 21.6 Å². The van der Waals surface area contributed by atoms with Crippen LogP contribution in [-0.2, 0) is 24.7 Å². The fraction of sp³-hybridized carbons (Fsp3) is 0.350. The number of amides is 1. The van der Waals surface area contributed by atoms with Gasteiger partial charge in [-0.05, 0) is 61.6 Å². The van der Waals surface area contributed by atoms with E-state index in [0.717, 1.165) is 5.56 Å². The Morgan fingerprint density at radius 3 is 2.52 bits per heavy atom. The number of nitrogens with one attached hydrogen (secondary N) is 2. The first-order valence-corrected chi connectivity index (χ1v) is 12.5.